The third-order valence-electron chi connectivity index (χ3n) is 8.78. The Morgan fingerprint density at radius 1 is 0.444 bits per heavy atom. The summed E-state index contributed by atoms with van der Waals surface area (Å²) in [5, 5.41) is 39.7. The maximum atomic E-state index is 12.4. The van der Waals surface area contributed by atoms with Gasteiger partial charge in [0.15, 0.2) is 49.5 Å². The molecule has 0 aliphatic carbocycles. The molecular weight excluding hydrogens is 883 g/mol. The molecule has 0 radical (unpaired) electrons. The van der Waals surface area contributed by atoms with Crippen LogP contribution in [0.2, 0.25) is 0 Å². The average molecular weight is 916 g/mol. The normalized spacial score (nSPS) is 11.8. The number of carbonyl (C=O) groups is 3. The minimum absolute atomic E-state index is 0.0686. The highest BCUT2D eigenvalue weighted by molar-refractivity contribution is 7.11. The maximum Gasteiger partial charge on any atom is 0.342 e. The zero-order valence-corrected chi connectivity index (χ0v) is 36.9. The van der Waals surface area contributed by atoms with Gasteiger partial charge in [0.1, 0.15) is 16.7 Å². The van der Waals surface area contributed by atoms with Crippen LogP contribution < -0.4 is 17.2 Å². The number of carbonyl (C=O) groups excluding carboxylic acids is 3. The molecule has 6 N–H and O–H groups in total. The summed E-state index contributed by atoms with van der Waals surface area (Å²) in [6.07, 6.45) is 0. The van der Waals surface area contributed by atoms with Crippen molar-refractivity contribution in [3.8, 4) is 17.8 Å². The fraction of sp³-hybridized carbons (Fsp3) is 0.273. The van der Waals surface area contributed by atoms with Crippen molar-refractivity contribution < 1.29 is 28.6 Å². The van der Waals surface area contributed by atoms with Crippen molar-refractivity contribution in [3.63, 3.8) is 0 Å². The van der Waals surface area contributed by atoms with Crippen LogP contribution in [0.25, 0.3) is 17.8 Å². The Balaban J connectivity index is 1.36. The number of esters is 3. The molecule has 324 valence electrons. The van der Waals surface area contributed by atoms with Gasteiger partial charge in [0.05, 0.1) is 55.5 Å². The lowest BCUT2D eigenvalue weighted by Crippen LogP contribution is -2.17. The maximum absolute atomic E-state index is 12.4. The van der Waals surface area contributed by atoms with Gasteiger partial charge in [-0.1, -0.05) is 0 Å². The quantitative estimate of drug-likeness (QED) is 0.0718. The van der Waals surface area contributed by atoms with E-state index in [1.807, 2.05) is 0 Å². The Kier molecular flexibility index (Phi) is 11.8. The third kappa shape index (κ3) is 7.94. The molecule has 0 amide bonds. The molecule has 0 aliphatic rings. The lowest BCUT2D eigenvalue weighted by atomic mass is 10.2. The number of aryl methyl sites for hydroxylation is 6. The second kappa shape index (κ2) is 17.3. The minimum Gasteiger partial charge on any atom is -0.465 e. The Morgan fingerprint density at radius 3 is 0.937 bits per heavy atom. The van der Waals surface area contributed by atoms with Crippen molar-refractivity contribution in [2.24, 2.45) is 30.7 Å². The number of aromatic nitrogens is 12. The van der Waals surface area contributed by atoms with Gasteiger partial charge in [0, 0.05) is 0 Å². The van der Waals surface area contributed by atoms with E-state index in [9.17, 15) is 14.4 Å². The van der Waals surface area contributed by atoms with Crippen LogP contribution in [0.3, 0.4) is 0 Å². The number of methoxy groups -OCH3 is 3. The average Bonchev–Trinajstić information content (AvgIpc) is 4.11. The van der Waals surface area contributed by atoms with E-state index in [2.05, 4.69) is 74.1 Å². The predicted octanol–water partition coefficient (Wildman–Crippen LogP) is 6.00. The van der Waals surface area contributed by atoms with E-state index in [0.717, 1.165) is 34.6 Å². The van der Waals surface area contributed by atoms with Gasteiger partial charge in [-0.05, 0) is 76.1 Å². The number of azo groups is 3. The molecule has 7 heterocycles. The third-order valence-corrected chi connectivity index (χ3v) is 11.3. The number of nitrogens with two attached hydrogens (primary N) is 3. The zero-order valence-electron chi connectivity index (χ0n) is 34.5. The monoisotopic (exact) mass is 915 g/mol. The largest absolute Gasteiger partial charge is 0.465 e. The van der Waals surface area contributed by atoms with Crippen LogP contribution in [0.1, 0.15) is 65.2 Å². The van der Waals surface area contributed by atoms with E-state index < -0.39 is 17.9 Å². The number of ether oxygens (including phenoxy) is 3. The number of hydrogen-bond acceptors (Lipinski definition) is 27. The van der Waals surface area contributed by atoms with Crippen molar-refractivity contribution >= 4 is 102 Å². The molecule has 0 atom stereocenters. The summed E-state index contributed by atoms with van der Waals surface area (Å²) in [6.45, 7) is 9.78. The summed E-state index contributed by atoms with van der Waals surface area (Å²) in [5.74, 6) is -2.65. The minimum atomic E-state index is -0.634. The molecular formula is C33H33N21O6S3. The zero-order chi connectivity index (χ0) is 45.4. The second-order valence-corrected chi connectivity index (χ2v) is 15.1. The van der Waals surface area contributed by atoms with Crippen LogP contribution >= 0.6 is 34.6 Å². The van der Waals surface area contributed by atoms with Crippen LogP contribution in [0.4, 0.5) is 49.5 Å². The van der Waals surface area contributed by atoms with Crippen molar-refractivity contribution in [2.75, 3.05) is 38.5 Å². The molecule has 0 saturated heterocycles. The van der Waals surface area contributed by atoms with E-state index >= 15 is 0 Å². The molecule has 0 aromatic carbocycles. The molecule has 7 aromatic rings. The molecule has 0 aliphatic heterocycles. The van der Waals surface area contributed by atoms with Gasteiger partial charge in [-0.25, -0.2) is 14.4 Å². The molecule has 0 bridgehead atoms. The van der Waals surface area contributed by atoms with Crippen molar-refractivity contribution in [3.05, 3.63) is 50.9 Å². The molecule has 30 heteroatoms. The van der Waals surface area contributed by atoms with Gasteiger partial charge in [-0.2, -0.15) is 57.4 Å². The standard InChI is InChI=1S/C33H33N21O6S3/c1-10-16(28(55)58-7)25(61-49-10)43-40-19-13(4)46-52(22(19)34)31-37-32(53-23(35)20(14(5)47-53)41-44-26-17(29(56)59-8)11(2)50-62-26)39-33(38-31)54-24(36)21(15(6)48-54)42-45-27-18(30(57)60-9)12(3)51-63-27/h34-36H2,1-9H3/b43-40+,44-41+,45-42+. The van der Waals surface area contributed by atoms with Gasteiger partial charge in [0.25, 0.3) is 17.8 Å². The SMILES string of the molecule is COC(=O)c1c(C)nsc1/N=N/c1c(C)nn(-c2nc(-n3nc(C)c(/N=N/c4snc(C)c4C(=O)OC)c3N)nc(-n3nc(C)c(/N=N/c4snc(C)c4C(=O)OC)c3N)n2)c1N. The molecule has 7 rings (SSSR count). The highest BCUT2D eigenvalue weighted by Gasteiger charge is 2.26. The van der Waals surface area contributed by atoms with Gasteiger partial charge in [-0.3, -0.25) is 0 Å². The van der Waals surface area contributed by atoms with Crippen LogP contribution in [0.15, 0.2) is 30.7 Å². The van der Waals surface area contributed by atoms with E-state index in [1.165, 1.54) is 35.4 Å². The molecule has 27 nitrogen and oxygen atoms in total. The van der Waals surface area contributed by atoms with E-state index in [1.54, 1.807) is 41.5 Å². The summed E-state index contributed by atoms with van der Waals surface area (Å²) in [6, 6.07) is 0. The van der Waals surface area contributed by atoms with Crippen LogP contribution in [-0.4, -0.2) is 96.7 Å². The summed E-state index contributed by atoms with van der Waals surface area (Å²) in [5.41, 5.74) is 22.8. The van der Waals surface area contributed by atoms with Gasteiger partial charge in [-0.15, -0.1) is 30.7 Å². The lowest BCUT2D eigenvalue weighted by molar-refractivity contribution is 0.0592. The van der Waals surface area contributed by atoms with E-state index in [4.69, 9.17) is 31.4 Å². The first-order valence-electron chi connectivity index (χ1n) is 17.8. The van der Waals surface area contributed by atoms with Crippen LogP contribution in [0.5, 0.6) is 0 Å². The first-order chi connectivity index (χ1) is 30.1. The van der Waals surface area contributed by atoms with Gasteiger partial charge in [0.2, 0.25) is 0 Å². The Bertz CT molecular complexity index is 2730. The van der Waals surface area contributed by atoms with E-state index in [0.29, 0.717) is 34.2 Å². The second-order valence-electron chi connectivity index (χ2n) is 12.8. The molecule has 0 fully saturated rings. The lowest BCUT2D eigenvalue weighted by Gasteiger charge is -2.09. The summed E-state index contributed by atoms with van der Waals surface area (Å²) < 4.78 is 30.7. The van der Waals surface area contributed by atoms with Crippen molar-refractivity contribution in [1.29, 1.82) is 0 Å². The molecule has 0 spiro atoms. The fourth-order valence-corrected chi connectivity index (χ4v) is 7.78. The topological polar surface area (TPSA) is 362 Å². The molecule has 63 heavy (non-hydrogen) atoms. The van der Waals surface area contributed by atoms with Crippen molar-refractivity contribution in [1.82, 2.24) is 57.4 Å². The summed E-state index contributed by atoms with van der Waals surface area (Å²) in [4.78, 5) is 51.1. The summed E-state index contributed by atoms with van der Waals surface area (Å²) >= 11 is 2.83. The molecule has 7 aromatic heterocycles. The number of nitrogen functional groups attached to an aromatic ring is 3. The summed E-state index contributed by atoms with van der Waals surface area (Å²) in [7, 11) is 3.73. The fourth-order valence-electron chi connectivity index (χ4n) is 5.64. The Labute approximate surface area is 366 Å². The first-order valence-corrected chi connectivity index (χ1v) is 20.1. The van der Waals surface area contributed by atoms with Crippen LogP contribution in [-0.2, 0) is 14.2 Å². The number of hydrogen-bond donors (Lipinski definition) is 3. The Morgan fingerprint density at radius 2 is 0.698 bits per heavy atom. The van der Waals surface area contributed by atoms with Gasteiger partial charge < -0.3 is 31.4 Å². The predicted molar refractivity (Wildman–Crippen MR) is 226 cm³/mol. The van der Waals surface area contributed by atoms with Crippen molar-refractivity contribution in [2.45, 2.75) is 41.5 Å². The molecule has 0 saturated carbocycles. The van der Waals surface area contributed by atoms with Gasteiger partial charge >= 0.3 is 17.9 Å². The number of rotatable bonds is 12. The number of anilines is 3. The number of nitrogens with zero attached hydrogens (tertiary/aromatic N) is 18. The Hall–Kier alpha value is -7.86. The highest BCUT2D eigenvalue weighted by atomic mass is 32.1. The first kappa shape index (κ1) is 43.2. The van der Waals surface area contributed by atoms with E-state index in [-0.39, 0.29) is 84.1 Å². The highest BCUT2D eigenvalue weighted by Crippen LogP contribution is 2.37. The van der Waals surface area contributed by atoms with Crippen LogP contribution in [0, 0.1) is 41.5 Å². The smallest absolute Gasteiger partial charge is 0.342 e. The molecule has 0 unspecified atom stereocenters.